The third kappa shape index (κ3) is 2.62. The third-order valence-electron chi connectivity index (χ3n) is 3.47. The van der Waals surface area contributed by atoms with Crippen molar-refractivity contribution in [2.24, 2.45) is 5.73 Å². The molecule has 5 N–H and O–H groups in total. The Morgan fingerprint density at radius 3 is 2.80 bits per heavy atom. The predicted octanol–water partition coefficient (Wildman–Crippen LogP) is -0.459. The van der Waals surface area contributed by atoms with Crippen LogP contribution in [0.3, 0.4) is 0 Å². The number of aryl methyl sites for hydroxylation is 1. The molecule has 0 radical (unpaired) electrons. The Balaban J connectivity index is 2.28. The van der Waals surface area contributed by atoms with Crippen LogP contribution >= 0.6 is 0 Å². The highest BCUT2D eigenvalue weighted by Crippen LogP contribution is 2.22. The number of carbonyl (C=O) groups is 2. The van der Waals surface area contributed by atoms with Gasteiger partial charge in [0, 0.05) is 25.7 Å². The molecule has 2 rings (SSSR count). The van der Waals surface area contributed by atoms with Crippen LogP contribution in [0.2, 0.25) is 0 Å². The Morgan fingerprint density at radius 2 is 2.20 bits per heavy atom. The maximum absolute atomic E-state index is 12.5. The van der Waals surface area contributed by atoms with Gasteiger partial charge in [-0.25, -0.2) is 0 Å². The van der Waals surface area contributed by atoms with Crippen molar-refractivity contribution in [2.75, 3.05) is 12.3 Å². The number of rotatable bonds is 4. The number of nitrogen functional groups attached to an aromatic ring is 1. The van der Waals surface area contributed by atoms with Crippen molar-refractivity contribution in [1.29, 1.82) is 0 Å². The van der Waals surface area contributed by atoms with Gasteiger partial charge in [0.05, 0.1) is 11.8 Å². The minimum atomic E-state index is -0.760. The molecule has 0 bridgehead atoms. The quantitative estimate of drug-likeness (QED) is 0.692. The van der Waals surface area contributed by atoms with Crippen molar-refractivity contribution in [3.63, 3.8) is 0 Å². The molecule has 1 aliphatic rings. The smallest absolute Gasteiger partial charge is 0.271 e. The zero-order chi connectivity index (χ0) is 14.9. The largest absolute Gasteiger partial charge is 0.397 e. The summed E-state index contributed by atoms with van der Waals surface area (Å²) in [7, 11) is 0. The first-order chi connectivity index (χ1) is 9.43. The third-order valence-corrected chi connectivity index (χ3v) is 3.47. The average Bonchev–Trinajstić information content (AvgIpc) is 2.92. The second-order valence-corrected chi connectivity index (χ2v) is 5.12. The molecule has 0 saturated carbocycles. The summed E-state index contributed by atoms with van der Waals surface area (Å²) in [6.45, 7) is 2.77. The lowest BCUT2D eigenvalue weighted by molar-refractivity contribution is -0.121. The van der Waals surface area contributed by atoms with Crippen molar-refractivity contribution in [1.82, 2.24) is 9.47 Å². The van der Waals surface area contributed by atoms with Crippen LogP contribution in [0.25, 0.3) is 0 Å². The molecular formula is C13H20N4O3. The number of amides is 2. The summed E-state index contributed by atoms with van der Waals surface area (Å²) < 4.78 is 1.76. The van der Waals surface area contributed by atoms with Gasteiger partial charge in [-0.3, -0.25) is 9.59 Å². The molecule has 2 unspecified atom stereocenters. The first kappa shape index (κ1) is 14.4. The number of anilines is 1. The molecule has 20 heavy (non-hydrogen) atoms. The number of aliphatic hydroxyl groups is 1. The molecule has 1 saturated heterocycles. The fourth-order valence-corrected chi connectivity index (χ4v) is 2.59. The van der Waals surface area contributed by atoms with Gasteiger partial charge in [-0.05, 0) is 12.5 Å². The molecule has 1 fully saturated rings. The summed E-state index contributed by atoms with van der Waals surface area (Å²) in [5.74, 6) is -0.924. The van der Waals surface area contributed by atoms with Gasteiger partial charge in [0.25, 0.3) is 5.91 Å². The van der Waals surface area contributed by atoms with Gasteiger partial charge in [-0.1, -0.05) is 6.92 Å². The summed E-state index contributed by atoms with van der Waals surface area (Å²) in [5, 5.41) is 9.66. The summed E-state index contributed by atoms with van der Waals surface area (Å²) in [6.07, 6.45) is 2.02. The zero-order valence-electron chi connectivity index (χ0n) is 11.5. The van der Waals surface area contributed by atoms with Crippen molar-refractivity contribution in [2.45, 2.75) is 38.5 Å². The molecule has 2 atom stereocenters. The van der Waals surface area contributed by atoms with Crippen molar-refractivity contribution < 1.29 is 14.7 Å². The molecule has 110 valence electrons. The average molecular weight is 280 g/mol. The van der Waals surface area contributed by atoms with Crippen LogP contribution in [-0.4, -0.2) is 45.1 Å². The van der Waals surface area contributed by atoms with Gasteiger partial charge in [0.15, 0.2) is 0 Å². The number of aromatic nitrogens is 1. The highest BCUT2D eigenvalue weighted by molar-refractivity contribution is 5.97. The first-order valence-corrected chi connectivity index (χ1v) is 6.68. The van der Waals surface area contributed by atoms with Gasteiger partial charge in [0.2, 0.25) is 5.91 Å². The minimum absolute atomic E-state index is 0.115. The SMILES string of the molecule is CCCn1cc(N)cc1C(=O)N1CC(O)CC1C(N)=O. The molecule has 2 amide bonds. The van der Waals surface area contributed by atoms with Crippen molar-refractivity contribution >= 4 is 17.5 Å². The van der Waals surface area contributed by atoms with Crippen LogP contribution in [0.1, 0.15) is 30.3 Å². The lowest BCUT2D eigenvalue weighted by Crippen LogP contribution is -2.44. The highest BCUT2D eigenvalue weighted by Gasteiger charge is 2.38. The van der Waals surface area contributed by atoms with Crippen LogP contribution in [0.15, 0.2) is 12.3 Å². The number of primary amides is 1. The molecule has 7 heteroatoms. The van der Waals surface area contributed by atoms with Gasteiger partial charge in [-0.15, -0.1) is 0 Å². The van der Waals surface area contributed by atoms with E-state index in [1.165, 1.54) is 4.90 Å². The van der Waals surface area contributed by atoms with E-state index in [2.05, 4.69) is 0 Å². The number of nitrogens with zero attached hydrogens (tertiary/aromatic N) is 2. The van der Waals surface area contributed by atoms with Gasteiger partial charge < -0.3 is 26.0 Å². The minimum Gasteiger partial charge on any atom is -0.397 e. The normalized spacial score (nSPS) is 22.2. The summed E-state index contributed by atoms with van der Waals surface area (Å²) >= 11 is 0. The maximum Gasteiger partial charge on any atom is 0.271 e. The van der Waals surface area contributed by atoms with E-state index < -0.39 is 18.1 Å². The van der Waals surface area contributed by atoms with E-state index in [1.807, 2.05) is 6.92 Å². The summed E-state index contributed by atoms with van der Waals surface area (Å²) in [5.41, 5.74) is 11.9. The molecule has 2 heterocycles. The summed E-state index contributed by atoms with van der Waals surface area (Å²) in [4.78, 5) is 25.3. The molecule has 1 aromatic heterocycles. The van der Waals surface area contributed by atoms with Gasteiger partial charge in [-0.2, -0.15) is 0 Å². The molecule has 1 aromatic rings. The molecule has 1 aliphatic heterocycles. The van der Waals surface area contributed by atoms with E-state index in [0.717, 1.165) is 6.42 Å². The van der Waals surface area contributed by atoms with Crippen LogP contribution in [-0.2, 0) is 11.3 Å². The lowest BCUT2D eigenvalue weighted by atomic mass is 10.2. The zero-order valence-corrected chi connectivity index (χ0v) is 11.5. The molecular weight excluding hydrogens is 260 g/mol. The lowest BCUT2D eigenvalue weighted by Gasteiger charge is -2.22. The molecule has 0 aliphatic carbocycles. The number of nitrogens with two attached hydrogens (primary N) is 2. The number of aliphatic hydroxyl groups excluding tert-OH is 1. The fraction of sp³-hybridized carbons (Fsp3) is 0.538. The van der Waals surface area contributed by atoms with E-state index in [4.69, 9.17) is 11.5 Å². The fourth-order valence-electron chi connectivity index (χ4n) is 2.59. The molecule has 7 nitrogen and oxygen atoms in total. The van der Waals surface area contributed by atoms with Crippen molar-refractivity contribution in [3.8, 4) is 0 Å². The van der Waals surface area contributed by atoms with Crippen molar-refractivity contribution in [3.05, 3.63) is 18.0 Å². The van der Waals surface area contributed by atoms with Gasteiger partial charge >= 0.3 is 0 Å². The Bertz CT molecular complexity index is 526. The van der Waals surface area contributed by atoms with Gasteiger partial charge in [0.1, 0.15) is 11.7 Å². The topological polar surface area (TPSA) is 115 Å². The monoisotopic (exact) mass is 280 g/mol. The number of carbonyl (C=O) groups excluding carboxylic acids is 2. The number of β-amino-alcohol motifs (C(OH)–C–C–N with tert-alkyl or cyclic N) is 1. The Morgan fingerprint density at radius 1 is 1.50 bits per heavy atom. The number of likely N-dealkylation sites (tertiary alicyclic amines) is 1. The predicted molar refractivity (Wildman–Crippen MR) is 73.8 cm³/mol. The Hall–Kier alpha value is -2.02. The highest BCUT2D eigenvalue weighted by atomic mass is 16.3. The van der Waals surface area contributed by atoms with E-state index in [9.17, 15) is 14.7 Å². The van der Waals surface area contributed by atoms with E-state index in [1.54, 1.807) is 16.8 Å². The van der Waals surface area contributed by atoms with E-state index in [0.29, 0.717) is 17.9 Å². The first-order valence-electron chi connectivity index (χ1n) is 6.68. The summed E-state index contributed by atoms with van der Waals surface area (Å²) in [6, 6.07) is 0.824. The van der Waals surface area contributed by atoms with E-state index in [-0.39, 0.29) is 18.9 Å². The Labute approximate surface area is 117 Å². The number of hydrogen-bond acceptors (Lipinski definition) is 4. The maximum atomic E-state index is 12.5. The Kier molecular flexibility index (Phi) is 3.99. The second-order valence-electron chi connectivity index (χ2n) is 5.12. The van der Waals surface area contributed by atoms with Crippen LogP contribution in [0, 0.1) is 0 Å². The number of hydrogen-bond donors (Lipinski definition) is 3. The second kappa shape index (κ2) is 5.54. The molecule has 0 spiro atoms. The van der Waals surface area contributed by atoms with Crippen LogP contribution in [0.4, 0.5) is 5.69 Å². The van der Waals surface area contributed by atoms with Crippen LogP contribution in [0.5, 0.6) is 0 Å². The molecule has 0 aromatic carbocycles. The standard InChI is InChI=1S/C13H20N4O3/c1-2-3-16-6-8(14)4-11(16)13(20)17-7-9(18)5-10(17)12(15)19/h4,6,9-10,18H,2-3,5,7,14H2,1H3,(H2,15,19). The van der Waals surface area contributed by atoms with E-state index >= 15 is 0 Å². The van der Waals surface area contributed by atoms with Crippen LogP contribution < -0.4 is 11.5 Å².